The molecule has 0 aliphatic carbocycles. The van der Waals surface area contributed by atoms with Crippen molar-refractivity contribution in [2.45, 2.75) is 24.5 Å². The number of aliphatic hydroxyl groups is 1. The highest BCUT2D eigenvalue weighted by molar-refractivity contribution is 7.98. The van der Waals surface area contributed by atoms with E-state index in [4.69, 9.17) is 4.74 Å². The van der Waals surface area contributed by atoms with Gasteiger partial charge in [0.15, 0.2) is 0 Å². The van der Waals surface area contributed by atoms with Gasteiger partial charge >= 0.3 is 0 Å². The second-order valence-electron chi connectivity index (χ2n) is 8.14. The Balaban J connectivity index is 1.75. The zero-order valence-corrected chi connectivity index (χ0v) is 19.7. The van der Waals surface area contributed by atoms with Gasteiger partial charge in [0.25, 0.3) is 11.8 Å². The molecule has 0 bridgehead atoms. The van der Waals surface area contributed by atoms with Gasteiger partial charge in [-0.1, -0.05) is 24.3 Å². The van der Waals surface area contributed by atoms with Gasteiger partial charge in [-0.25, -0.2) is 0 Å². The molecule has 4 aromatic rings. The summed E-state index contributed by atoms with van der Waals surface area (Å²) in [6.07, 6.45) is 4.91. The van der Waals surface area contributed by atoms with Crippen molar-refractivity contribution in [1.82, 2.24) is 14.9 Å². The lowest BCUT2D eigenvalue weighted by molar-refractivity contribution is -0.122. The molecular formula is C26H25N3O4S. The number of H-pyrrole nitrogens is 1. The first-order chi connectivity index (χ1) is 16.5. The van der Waals surface area contributed by atoms with Gasteiger partial charge in [0, 0.05) is 56.8 Å². The van der Waals surface area contributed by atoms with E-state index in [2.05, 4.69) is 10.3 Å². The number of carbonyl (C=O) groups excluding carboxylic acids is 2. The number of benzene rings is 2. The van der Waals surface area contributed by atoms with Gasteiger partial charge in [-0.3, -0.25) is 14.9 Å². The molecule has 7 nitrogen and oxygen atoms in total. The molecule has 0 spiro atoms. The topological polar surface area (TPSA) is 96.3 Å². The number of aromatic amines is 1. The summed E-state index contributed by atoms with van der Waals surface area (Å²) in [5.41, 5.74) is 3.84. The molecule has 1 atom stereocenters. The third kappa shape index (κ3) is 3.73. The number of thioether (sulfide) groups is 1. The van der Waals surface area contributed by atoms with Crippen LogP contribution in [0.4, 0.5) is 0 Å². The Kier molecular flexibility index (Phi) is 6.03. The lowest BCUT2D eigenvalue weighted by Crippen LogP contribution is -2.22. The average molecular weight is 476 g/mol. The van der Waals surface area contributed by atoms with Crippen molar-refractivity contribution in [3.8, 4) is 0 Å². The third-order valence-electron chi connectivity index (χ3n) is 6.07. The fourth-order valence-electron chi connectivity index (χ4n) is 4.61. The molecule has 174 valence electrons. The molecule has 5 rings (SSSR count). The Hall–Kier alpha value is -3.33. The molecular weight excluding hydrogens is 450 g/mol. The summed E-state index contributed by atoms with van der Waals surface area (Å²) in [6, 6.07) is 13.6. The van der Waals surface area contributed by atoms with Crippen LogP contribution in [-0.4, -0.2) is 52.0 Å². The van der Waals surface area contributed by atoms with Crippen LogP contribution in [0.25, 0.3) is 33.0 Å². The van der Waals surface area contributed by atoms with Crippen LogP contribution in [0.1, 0.15) is 18.1 Å². The lowest BCUT2D eigenvalue weighted by atomic mass is 9.95. The van der Waals surface area contributed by atoms with E-state index in [1.54, 1.807) is 18.0 Å². The van der Waals surface area contributed by atoms with E-state index in [-0.39, 0.29) is 6.61 Å². The van der Waals surface area contributed by atoms with Gasteiger partial charge in [0.1, 0.15) is 0 Å². The maximum Gasteiger partial charge on any atom is 0.259 e. The van der Waals surface area contributed by atoms with E-state index < -0.39 is 17.9 Å². The molecule has 8 heteroatoms. The summed E-state index contributed by atoms with van der Waals surface area (Å²) in [5, 5.41) is 14.8. The number of imide groups is 1. The number of nitrogens with one attached hydrogen (secondary N) is 2. The van der Waals surface area contributed by atoms with Gasteiger partial charge in [-0.05, 0) is 31.4 Å². The number of amides is 2. The van der Waals surface area contributed by atoms with Gasteiger partial charge in [-0.2, -0.15) is 0 Å². The van der Waals surface area contributed by atoms with Crippen LogP contribution in [0, 0.1) is 0 Å². The predicted molar refractivity (Wildman–Crippen MR) is 134 cm³/mol. The smallest absolute Gasteiger partial charge is 0.259 e. The number of nitrogens with zero attached hydrogens (tertiary/aromatic N) is 1. The van der Waals surface area contributed by atoms with Crippen molar-refractivity contribution in [3.05, 3.63) is 66.0 Å². The number of hydrogen-bond acceptors (Lipinski definition) is 5. The summed E-state index contributed by atoms with van der Waals surface area (Å²) in [5.74, 6) is -0.834. The summed E-state index contributed by atoms with van der Waals surface area (Å²) < 4.78 is 7.31. The zero-order chi connectivity index (χ0) is 23.8. The van der Waals surface area contributed by atoms with Crippen molar-refractivity contribution < 1.29 is 19.4 Å². The van der Waals surface area contributed by atoms with Crippen molar-refractivity contribution in [1.29, 1.82) is 0 Å². The van der Waals surface area contributed by atoms with Crippen LogP contribution in [0.5, 0.6) is 0 Å². The molecule has 2 amide bonds. The van der Waals surface area contributed by atoms with Crippen molar-refractivity contribution in [3.63, 3.8) is 0 Å². The summed E-state index contributed by atoms with van der Waals surface area (Å²) in [6.45, 7) is 2.93. The highest BCUT2D eigenvalue weighted by Crippen LogP contribution is 2.41. The average Bonchev–Trinajstić information content (AvgIpc) is 3.50. The number of para-hydroxylation sites is 1. The lowest BCUT2D eigenvalue weighted by Gasteiger charge is -2.12. The maximum absolute atomic E-state index is 13.2. The molecule has 34 heavy (non-hydrogen) atoms. The molecule has 3 heterocycles. The zero-order valence-electron chi connectivity index (χ0n) is 18.9. The summed E-state index contributed by atoms with van der Waals surface area (Å²) in [7, 11) is 0. The molecule has 1 aliphatic rings. The van der Waals surface area contributed by atoms with Gasteiger partial charge in [0.2, 0.25) is 0 Å². The second-order valence-corrected chi connectivity index (χ2v) is 8.99. The molecule has 0 radical (unpaired) electrons. The van der Waals surface area contributed by atoms with Crippen LogP contribution < -0.4 is 5.32 Å². The largest absolute Gasteiger partial charge is 0.389 e. The van der Waals surface area contributed by atoms with E-state index >= 15 is 0 Å². The predicted octanol–water partition coefficient (Wildman–Crippen LogP) is 3.81. The van der Waals surface area contributed by atoms with Gasteiger partial charge in [-0.15, -0.1) is 11.8 Å². The Morgan fingerprint density at radius 1 is 1.06 bits per heavy atom. The normalized spacial score (nSPS) is 15.0. The molecule has 1 aliphatic heterocycles. The van der Waals surface area contributed by atoms with Crippen molar-refractivity contribution >= 4 is 56.5 Å². The standard InChI is InChI=1S/C26H25N3O4S/c1-3-33-14-15(30)12-29-13-18(22-20(29)9-6-10-21(22)34-2)24-23(25(31)28-26(24)32)17-11-27-19-8-5-4-7-16(17)19/h4-11,13,15,27,30H,3,12,14H2,1-2H3,(H,28,31,32). The Morgan fingerprint density at radius 2 is 1.82 bits per heavy atom. The van der Waals surface area contributed by atoms with Crippen LogP contribution in [-0.2, 0) is 20.9 Å². The monoisotopic (exact) mass is 475 g/mol. The number of aromatic nitrogens is 2. The van der Waals surface area contributed by atoms with E-state index in [1.807, 2.05) is 66.4 Å². The molecule has 1 unspecified atom stereocenters. The fraction of sp³-hybridized carbons (Fsp3) is 0.231. The number of ether oxygens (including phenoxy) is 1. The number of carbonyl (C=O) groups is 2. The van der Waals surface area contributed by atoms with E-state index in [0.29, 0.717) is 35.4 Å². The molecule has 0 saturated heterocycles. The van der Waals surface area contributed by atoms with Crippen molar-refractivity contribution in [2.75, 3.05) is 19.5 Å². The first-order valence-electron chi connectivity index (χ1n) is 11.1. The minimum atomic E-state index is -0.706. The van der Waals surface area contributed by atoms with Gasteiger partial charge in [0.05, 0.1) is 30.4 Å². The van der Waals surface area contributed by atoms with E-state index in [9.17, 15) is 14.7 Å². The Bertz CT molecular complexity index is 1450. The number of rotatable bonds is 8. The number of hydrogen-bond donors (Lipinski definition) is 3. The molecule has 0 saturated carbocycles. The van der Waals surface area contributed by atoms with Gasteiger partial charge < -0.3 is 19.4 Å². The van der Waals surface area contributed by atoms with Crippen LogP contribution >= 0.6 is 11.8 Å². The van der Waals surface area contributed by atoms with Crippen molar-refractivity contribution in [2.24, 2.45) is 0 Å². The Labute approximate surface area is 200 Å². The second kappa shape index (κ2) is 9.13. The maximum atomic E-state index is 13.2. The molecule has 0 fully saturated rings. The van der Waals surface area contributed by atoms with Crippen LogP contribution in [0.2, 0.25) is 0 Å². The quantitative estimate of drug-likeness (QED) is 0.266. The first-order valence-corrected chi connectivity index (χ1v) is 12.3. The highest BCUT2D eigenvalue weighted by atomic mass is 32.2. The SMILES string of the molecule is CCOCC(O)Cn1cc(C2=C(c3c[nH]c4ccccc34)C(=O)NC2=O)c2c(SC)cccc21. The molecule has 2 aromatic heterocycles. The highest BCUT2D eigenvalue weighted by Gasteiger charge is 2.35. The summed E-state index contributed by atoms with van der Waals surface area (Å²) >= 11 is 1.57. The molecule has 3 N–H and O–H groups in total. The minimum Gasteiger partial charge on any atom is -0.389 e. The minimum absolute atomic E-state index is 0.218. The molecule has 2 aromatic carbocycles. The van der Waals surface area contributed by atoms with Crippen LogP contribution in [0.3, 0.4) is 0 Å². The first kappa shape index (κ1) is 22.5. The van der Waals surface area contributed by atoms with E-state index in [1.165, 1.54) is 0 Å². The number of fused-ring (bicyclic) bond motifs is 2. The number of aliphatic hydroxyl groups excluding tert-OH is 1. The van der Waals surface area contributed by atoms with Crippen LogP contribution in [0.15, 0.2) is 59.8 Å². The fourth-order valence-corrected chi connectivity index (χ4v) is 5.24. The Morgan fingerprint density at radius 3 is 2.59 bits per heavy atom. The summed E-state index contributed by atoms with van der Waals surface area (Å²) in [4.78, 5) is 30.4. The van der Waals surface area contributed by atoms with E-state index in [0.717, 1.165) is 26.7 Å². The third-order valence-corrected chi connectivity index (χ3v) is 6.85.